The third-order valence-electron chi connectivity index (χ3n) is 4.02. The van der Waals surface area contributed by atoms with E-state index in [9.17, 15) is 4.79 Å². The minimum absolute atomic E-state index is 0.122. The van der Waals surface area contributed by atoms with E-state index >= 15 is 0 Å². The molecule has 2 aromatic carbocycles. The molecule has 3 nitrogen and oxygen atoms in total. The first-order chi connectivity index (χ1) is 11.2. The number of benzene rings is 2. The summed E-state index contributed by atoms with van der Waals surface area (Å²) in [6.07, 6.45) is 2.27. The molecule has 118 valence electrons. The van der Waals surface area contributed by atoms with Crippen molar-refractivity contribution >= 4 is 28.4 Å². The number of carbonyl (C=O) groups excluding carboxylic acids is 1. The lowest BCUT2D eigenvalue weighted by Crippen LogP contribution is -2.31. The molecular weight excluding hydrogens is 308 g/mol. The standard InChI is InChI=1S/C19H19ClN2O/c1-2-22(13-14-6-4-3-5-7-14)19(23)10-15-12-21-18-9-8-16(20)11-17(15)18/h3-9,11-12,21H,2,10,13H2,1H3. The van der Waals surface area contributed by atoms with Crippen molar-refractivity contribution in [3.05, 3.63) is 70.9 Å². The van der Waals surface area contributed by atoms with E-state index in [-0.39, 0.29) is 5.91 Å². The highest BCUT2D eigenvalue weighted by atomic mass is 35.5. The lowest BCUT2D eigenvalue weighted by atomic mass is 10.1. The van der Waals surface area contributed by atoms with Gasteiger partial charge in [-0.15, -0.1) is 0 Å². The number of hydrogen-bond acceptors (Lipinski definition) is 1. The van der Waals surface area contributed by atoms with Crippen LogP contribution in [0.15, 0.2) is 54.7 Å². The van der Waals surface area contributed by atoms with Crippen molar-refractivity contribution in [1.29, 1.82) is 0 Å². The first-order valence-corrected chi connectivity index (χ1v) is 8.12. The number of aromatic nitrogens is 1. The molecule has 1 amide bonds. The second-order valence-electron chi connectivity index (χ2n) is 5.57. The summed E-state index contributed by atoms with van der Waals surface area (Å²) in [5.41, 5.74) is 3.13. The van der Waals surface area contributed by atoms with Gasteiger partial charge < -0.3 is 9.88 Å². The summed E-state index contributed by atoms with van der Waals surface area (Å²) in [5.74, 6) is 0.122. The van der Waals surface area contributed by atoms with E-state index in [1.165, 1.54) is 0 Å². The summed E-state index contributed by atoms with van der Waals surface area (Å²) in [6.45, 7) is 3.34. The van der Waals surface area contributed by atoms with Gasteiger partial charge in [0.05, 0.1) is 6.42 Å². The Hall–Kier alpha value is -2.26. The molecule has 0 saturated heterocycles. The van der Waals surface area contributed by atoms with Crippen LogP contribution in [0.5, 0.6) is 0 Å². The van der Waals surface area contributed by atoms with E-state index in [1.54, 1.807) is 0 Å². The fraction of sp³-hybridized carbons (Fsp3) is 0.211. The third kappa shape index (κ3) is 3.57. The van der Waals surface area contributed by atoms with Crippen molar-refractivity contribution in [1.82, 2.24) is 9.88 Å². The molecule has 0 saturated carbocycles. The predicted molar refractivity (Wildman–Crippen MR) is 94.5 cm³/mol. The Morgan fingerprint density at radius 2 is 1.96 bits per heavy atom. The molecule has 1 heterocycles. The topological polar surface area (TPSA) is 36.1 Å². The number of likely N-dealkylation sites (N-methyl/N-ethyl adjacent to an activating group) is 1. The maximum atomic E-state index is 12.7. The molecule has 3 rings (SSSR count). The normalized spacial score (nSPS) is 10.9. The average Bonchev–Trinajstić information content (AvgIpc) is 2.95. The summed E-state index contributed by atoms with van der Waals surface area (Å²) in [6, 6.07) is 15.8. The van der Waals surface area contributed by atoms with E-state index in [0.29, 0.717) is 24.5 Å². The van der Waals surface area contributed by atoms with Crippen LogP contribution in [0.3, 0.4) is 0 Å². The highest BCUT2D eigenvalue weighted by molar-refractivity contribution is 6.31. The van der Waals surface area contributed by atoms with Crippen LogP contribution in [0.25, 0.3) is 10.9 Å². The van der Waals surface area contributed by atoms with Crippen molar-refractivity contribution in [2.24, 2.45) is 0 Å². The number of halogens is 1. The molecule has 23 heavy (non-hydrogen) atoms. The number of nitrogens with one attached hydrogen (secondary N) is 1. The van der Waals surface area contributed by atoms with E-state index in [2.05, 4.69) is 4.98 Å². The van der Waals surface area contributed by atoms with Crippen LogP contribution in [0, 0.1) is 0 Å². The van der Waals surface area contributed by atoms with Gasteiger partial charge in [-0.3, -0.25) is 4.79 Å². The fourth-order valence-electron chi connectivity index (χ4n) is 2.75. The van der Waals surface area contributed by atoms with Crippen LogP contribution in [-0.4, -0.2) is 22.3 Å². The molecule has 1 aromatic heterocycles. The second kappa shape index (κ2) is 6.88. The maximum absolute atomic E-state index is 12.7. The van der Waals surface area contributed by atoms with E-state index in [0.717, 1.165) is 22.0 Å². The Bertz CT molecular complexity index is 811. The van der Waals surface area contributed by atoms with Gasteiger partial charge in [0.2, 0.25) is 5.91 Å². The largest absolute Gasteiger partial charge is 0.361 e. The number of aromatic amines is 1. The lowest BCUT2D eigenvalue weighted by molar-refractivity contribution is -0.130. The van der Waals surface area contributed by atoms with Crippen molar-refractivity contribution in [3.63, 3.8) is 0 Å². The van der Waals surface area contributed by atoms with Gasteiger partial charge in [-0.25, -0.2) is 0 Å². The Balaban J connectivity index is 1.77. The number of H-pyrrole nitrogens is 1. The van der Waals surface area contributed by atoms with Crippen LogP contribution < -0.4 is 0 Å². The molecule has 1 N–H and O–H groups in total. The lowest BCUT2D eigenvalue weighted by Gasteiger charge is -2.21. The van der Waals surface area contributed by atoms with Crippen LogP contribution in [-0.2, 0) is 17.8 Å². The van der Waals surface area contributed by atoms with E-state index in [1.807, 2.05) is 66.6 Å². The van der Waals surface area contributed by atoms with Gasteiger partial charge in [-0.2, -0.15) is 0 Å². The highest BCUT2D eigenvalue weighted by Crippen LogP contribution is 2.23. The molecule has 0 bridgehead atoms. The molecule has 0 unspecified atom stereocenters. The number of carbonyl (C=O) groups is 1. The first kappa shape index (κ1) is 15.6. The molecule has 0 aliphatic rings. The van der Waals surface area contributed by atoms with Gasteiger partial charge in [0.1, 0.15) is 0 Å². The number of fused-ring (bicyclic) bond motifs is 1. The molecule has 0 spiro atoms. The van der Waals surface area contributed by atoms with E-state index in [4.69, 9.17) is 11.6 Å². The summed E-state index contributed by atoms with van der Waals surface area (Å²) in [4.78, 5) is 17.7. The molecule has 3 aromatic rings. The van der Waals surface area contributed by atoms with Crippen LogP contribution in [0.1, 0.15) is 18.1 Å². The van der Waals surface area contributed by atoms with Crippen LogP contribution in [0.4, 0.5) is 0 Å². The minimum atomic E-state index is 0.122. The number of amides is 1. The van der Waals surface area contributed by atoms with Crippen molar-refractivity contribution in [2.75, 3.05) is 6.54 Å². The van der Waals surface area contributed by atoms with Crippen molar-refractivity contribution in [2.45, 2.75) is 19.9 Å². The van der Waals surface area contributed by atoms with Gasteiger partial charge >= 0.3 is 0 Å². The smallest absolute Gasteiger partial charge is 0.227 e. The van der Waals surface area contributed by atoms with Crippen molar-refractivity contribution in [3.8, 4) is 0 Å². The zero-order chi connectivity index (χ0) is 16.2. The van der Waals surface area contributed by atoms with Gasteiger partial charge in [-0.1, -0.05) is 41.9 Å². The second-order valence-corrected chi connectivity index (χ2v) is 6.01. The van der Waals surface area contributed by atoms with E-state index < -0.39 is 0 Å². The van der Waals surface area contributed by atoms with Gasteiger partial charge in [-0.05, 0) is 36.2 Å². The summed E-state index contributed by atoms with van der Waals surface area (Å²) in [7, 11) is 0. The van der Waals surface area contributed by atoms with Gasteiger partial charge in [0, 0.05) is 35.2 Å². The Labute approximate surface area is 140 Å². The zero-order valence-electron chi connectivity index (χ0n) is 13.1. The molecule has 0 aliphatic heterocycles. The molecule has 0 fully saturated rings. The maximum Gasteiger partial charge on any atom is 0.227 e. The Kier molecular flexibility index (Phi) is 4.68. The minimum Gasteiger partial charge on any atom is -0.361 e. The SMILES string of the molecule is CCN(Cc1ccccc1)C(=O)Cc1c[nH]c2ccc(Cl)cc12. The zero-order valence-corrected chi connectivity index (χ0v) is 13.8. The Morgan fingerprint density at radius 3 is 2.70 bits per heavy atom. The highest BCUT2D eigenvalue weighted by Gasteiger charge is 2.15. The summed E-state index contributed by atoms with van der Waals surface area (Å²) >= 11 is 6.07. The molecular formula is C19H19ClN2O. The third-order valence-corrected chi connectivity index (χ3v) is 4.26. The van der Waals surface area contributed by atoms with Gasteiger partial charge in [0.15, 0.2) is 0 Å². The fourth-order valence-corrected chi connectivity index (χ4v) is 2.92. The van der Waals surface area contributed by atoms with Gasteiger partial charge in [0.25, 0.3) is 0 Å². The molecule has 0 radical (unpaired) electrons. The first-order valence-electron chi connectivity index (χ1n) is 7.74. The number of nitrogens with zero attached hydrogens (tertiary/aromatic N) is 1. The van der Waals surface area contributed by atoms with Crippen molar-refractivity contribution < 1.29 is 4.79 Å². The summed E-state index contributed by atoms with van der Waals surface area (Å²) < 4.78 is 0. The molecule has 4 heteroatoms. The molecule has 0 atom stereocenters. The Morgan fingerprint density at radius 1 is 1.17 bits per heavy atom. The van der Waals surface area contributed by atoms with Crippen LogP contribution in [0.2, 0.25) is 5.02 Å². The number of rotatable bonds is 5. The monoisotopic (exact) mass is 326 g/mol. The number of hydrogen-bond donors (Lipinski definition) is 1. The summed E-state index contributed by atoms with van der Waals surface area (Å²) in [5, 5.41) is 1.70. The molecule has 0 aliphatic carbocycles. The quantitative estimate of drug-likeness (QED) is 0.740. The van der Waals surface area contributed by atoms with Crippen LogP contribution >= 0.6 is 11.6 Å². The predicted octanol–water partition coefficient (Wildman–Crippen LogP) is 4.41. The average molecular weight is 327 g/mol.